The highest BCUT2D eigenvalue weighted by atomic mass is 16.5. The van der Waals surface area contributed by atoms with Crippen LogP contribution in [0.15, 0.2) is 60.8 Å². The third-order valence-electron chi connectivity index (χ3n) is 3.76. The van der Waals surface area contributed by atoms with Gasteiger partial charge in [0.15, 0.2) is 0 Å². The van der Waals surface area contributed by atoms with E-state index in [2.05, 4.69) is 25.9 Å². The molecule has 0 aliphatic heterocycles. The SMILES string of the molecule is CCOC(=O)c1ccc(Nc2ccnc(Nc3cccc(NC(C)=O)c3)n2)cc1. The zero-order chi connectivity index (χ0) is 20.6. The van der Waals surface area contributed by atoms with E-state index in [1.165, 1.54) is 6.92 Å². The van der Waals surface area contributed by atoms with E-state index in [-0.39, 0.29) is 11.9 Å². The topological polar surface area (TPSA) is 105 Å². The van der Waals surface area contributed by atoms with Gasteiger partial charge in [-0.1, -0.05) is 6.07 Å². The number of carbonyl (C=O) groups excluding carboxylic acids is 2. The molecule has 0 radical (unpaired) electrons. The Morgan fingerprint density at radius 3 is 2.45 bits per heavy atom. The van der Waals surface area contributed by atoms with Gasteiger partial charge in [-0.2, -0.15) is 4.98 Å². The molecule has 3 aromatic rings. The number of nitrogens with one attached hydrogen (secondary N) is 3. The largest absolute Gasteiger partial charge is 0.462 e. The van der Waals surface area contributed by atoms with Crippen LogP contribution in [-0.2, 0) is 9.53 Å². The molecule has 3 rings (SSSR count). The van der Waals surface area contributed by atoms with Gasteiger partial charge < -0.3 is 20.7 Å². The number of nitrogens with zero attached hydrogens (tertiary/aromatic N) is 2. The van der Waals surface area contributed by atoms with Gasteiger partial charge in [0.05, 0.1) is 12.2 Å². The molecular formula is C21H21N5O3. The number of hydrogen-bond donors (Lipinski definition) is 3. The molecule has 0 unspecified atom stereocenters. The second-order valence-corrected chi connectivity index (χ2v) is 6.08. The van der Waals surface area contributed by atoms with Crippen molar-refractivity contribution in [1.29, 1.82) is 0 Å². The smallest absolute Gasteiger partial charge is 0.338 e. The molecule has 3 N–H and O–H groups in total. The van der Waals surface area contributed by atoms with Gasteiger partial charge in [0.25, 0.3) is 0 Å². The molecule has 8 heteroatoms. The molecule has 0 saturated carbocycles. The average molecular weight is 391 g/mol. The maximum absolute atomic E-state index is 11.7. The summed E-state index contributed by atoms with van der Waals surface area (Å²) in [5.41, 5.74) is 2.68. The Hall–Kier alpha value is -3.94. The number of esters is 1. The Morgan fingerprint density at radius 1 is 0.966 bits per heavy atom. The van der Waals surface area contributed by atoms with E-state index >= 15 is 0 Å². The zero-order valence-corrected chi connectivity index (χ0v) is 16.1. The van der Waals surface area contributed by atoms with E-state index in [9.17, 15) is 9.59 Å². The van der Waals surface area contributed by atoms with Crippen molar-refractivity contribution in [3.05, 3.63) is 66.4 Å². The quantitative estimate of drug-likeness (QED) is 0.521. The molecule has 8 nitrogen and oxygen atoms in total. The first-order valence-corrected chi connectivity index (χ1v) is 9.05. The van der Waals surface area contributed by atoms with Crippen LogP contribution in [0.4, 0.5) is 28.8 Å². The van der Waals surface area contributed by atoms with Crippen LogP contribution in [0.2, 0.25) is 0 Å². The van der Waals surface area contributed by atoms with Crippen molar-refractivity contribution in [2.75, 3.05) is 22.6 Å². The molecule has 0 atom stereocenters. The van der Waals surface area contributed by atoms with Crippen LogP contribution in [-0.4, -0.2) is 28.5 Å². The van der Waals surface area contributed by atoms with E-state index in [1.54, 1.807) is 55.6 Å². The van der Waals surface area contributed by atoms with E-state index in [1.807, 2.05) is 12.1 Å². The van der Waals surface area contributed by atoms with Crippen LogP contribution in [0.3, 0.4) is 0 Å². The fraction of sp³-hybridized carbons (Fsp3) is 0.143. The third-order valence-corrected chi connectivity index (χ3v) is 3.76. The second kappa shape index (κ2) is 9.32. The van der Waals surface area contributed by atoms with Crippen molar-refractivity contribution in [2.45, 2.75) is 13.8 Å². The van der Waals surface area contributed by atoms with Crippen LogP contribution in [0.1, 0.15) is 24.2 Å². The number of ether oxygens (including phenoxy) is 1. The fourth-order valence-corrected chi connectivity index (χ4v) is 2.55. The number of amides is 1. The van der Waals surface area contributed by atoms with Gasteiger partial charge in [-0.3, -0.25) is 4.79 Å². The molecule has 1 aromatic heterocycles. The van der Waals surface area contributed by atoms with Crippen molar-refractivity contribution in [1.82, 2.24) is 9.97 Å². The van der Waals surface area contributed by atoms with Crippen molar-refractivity contribution >= 4 is 40.7 Å². The maximum Gasteiger partial charge on any atom is 0.338 e. The van der Waals surface area contributed by atoms with Crippen molar-refractivity contribution in [3.63, 3.8) is 0 Å². The Balaban J connectivity index is 1.68. The van der Waals surface area contributed by atoms with Gasteiger partial charge in [-0.15, -0.1) is 0 Å². The van der Waals surface area contributed by atoms with E-state index in [0.717, 1.165) is 11.4 Å². The van der Waals surface area contributed by atoms with Gasteiger partial charge in [-0.05, 0) is 55.5 Å². The van der Waals surface area contributed by atoms with Crippen molar-refractivity contribution in [3.8, 4) is 0 Å². The fourth-order valence-electron chi connectivity index (χ4n) is 2.55. The normalized spacial score (nSPS) is 10.1. The highest BCUT2D eigenvalue weighted by Gasteiger charge is 2.07. The van der Waals surface area contributed by atoms with Crippen LogP contribution >= 0.6 is 0 Å². The first-order valence-electron chi connectivity index (χ1n) is 9.05. The van der Waals surface area contributed by atoms with Gasteiger partial charge in [0.1, 0.15) is 5.82 Å². The molecule has 29 heavy (non-hydrogen) atoms. The number of aromatic nitrogens is 2. The monoisotopic (exact) mass is 391 g/mol. The molecule has 0 bridgehead atoms. The summed E-state index contributed by atoms with van der Waals surface area (Å²) in [5, 5.41) is 9.00. The van der Waals surface area contributed by atoms with Crippen molar-refractivity contribution in [2.24, 2.45) is 0 Å². The highest BCUT2D eigenvalue weighted by Crippen LogP contribution is 2.20. The van der Waals surface area contributed by atoms with Gasteiger partial charge in [-0.25, -0.2) is 9.78 Å². The Labute approximate surface area is 168 Å². The molecule has 2 aromatic carbocycles. The lowest BCUT2D eigenvalue weighted by molar-refractivity contribution is -0.114. The van der Waals surface area contributed by atoms with E-state index in [4.69, 9.17) is 4.74 Å². The molecule has 0 saturated heterocycles. The minimum Gasteiger partial charge on any atom is -0.462 e. The first-order chi connectivity index (χ1) is 14.0. The van der Waals surface area contributed by atoms with Crippen LogP contribution in [0, 0.1) is 0 Å². The highest BCUT2D eigenvalue weighted by molar-refractivity contribution is 5.90. The molecule has 0 spiro atoms. The summed E-state index contributed by atoms with van der Waals surface area (Å²) < 4.78 is 4.98. The summed E-state index contributed by atoms with van der Waals surface area (Å²) in [6.45, 7) is 3.56. The van der Waals surface area contributed by atoms with Gasteiger partial charge in [0, 0.05) is 30.2 Å². The lowest BCUT2D eigenvalue weighted by Gasteiger charge is -2.10. The third kappa shape index (κ3) is 5.77. The Kier molecular flexibility index (Phi) is 6.36. The lowest BCUT2D eigenvalue weighted by Crippen LogP contribution is -2.06. The van der Waals surface area contributed by atoms with E-state index in [0.29, 0.717) is 29.6 Å². The Bertz CT molecular complexity index is 1010. The summed E-state index contributed by atoms with van der Waals surface area (Å²) in [7, 11) is 0. The number of rotatable bonds is 7. The summed E-state index contributed by atoms with van der Waals surface area (Å²) in [4.78, 5) is 31.6. The Morgan fingerprint density at radius 2 is 1.72 bits per heavy atom. The van der Waals surface area contributed by atoms with Gasteiger partial charge >= 0.3 is 5.97 Å². The lowest BCUT2D eigenvalue weighted by atomic mass is 10.2. The zero-order valence-electron chi connectivity index (χ0n) is 16.1. The number of hydrogen-bond acceptors (Lipinski definition) is 7. The van der Waals surface area contributed by atoms with Gasteiger partial charge in [0.2, 0.25) is 11.9 Å². The predicted octanol–water partition coefficient (Wildman–Crippen LogP) is 4.10. The number of benzene rings is 2. The van der Waals surface area contributed by atoms with Crippen LogP contribution in [0.25, 0.3) is 0 Å². The predicted molar refractivity (Wildman–Crippen MR) is 112 cm³/mol. The van der Waals surface area contributed by atoms with Crippen LogP contribution < -0.4 is 16.0 Å². The summed E-state index contributed by atoms with van der Waals surface area (Å²) >= 11 is 0. The molecule has 0 fully saturated rings. The number of anilines is 5. The van der Waals surface area contributed by atoms with E-state index < -0.39 is 0 Å². The molecular weight excluding hydrogens is 370 g/mol. The van der Waals surface area contributed by atoms with Crippen molar-refractivity contribution < 1.29 is 14.3 Å². The average Bonchev–Trinajstić information content (AvgIpc) is 2.69. The first kappa shape index (κ1) is 19.8. The number of carbonyl (C=O) groups is 2. The molecule has 1 amide bonds. The maximum atomic E-state index is 11.7. The summed E-state index contributed by atoms with van der Waals surface area (Å²) in [6.07, 6.45) is 1.63. The summed E-state index contributed by atoms with van der Waals surface area (Å²) in [5.74, 6) is 0.496. The molecule has 0 aliphatic rings. The minimum absolute atomic E-state index is 0.140. The standard InChI is InChI=1S/C21H21N5O3/c1-3-29-20(28)15-7-9-16(10-8-15)24-19-11-12-22-21(26-19)25-18-6-4-5-17(13-18)23-14(2)27/h4-13H,3H2,1-2H3,(H,23,27)(H2,22,24,25,26). The molecule has 1 heterocycles. The second-order valence-electron chi connectivity index (χ2n) is 6.08. The molecule has 0 aliphatic carbocycles. The summed E-state index contributed by atoms with van der Waals surface area (Å²) in [6, 6.07) is 15.9. The molecule has 148 valence electrons. The minimum atomic E-state index is -0.353. The van der Waals surface area contributed by atoms with Crippen LogP contribution in [0.5, 0.6) is 0 Å².